The molecule has 0 spiro atoms. The van der Waals surface area contributed by atoms with E-state index in [2.05, 4.69) is 15.6 Å². The lowest BCUT2D eigenvalue weighted by Gasteiger charge is -2.14. The van der Waals surface area contributed by atoms with Gasteiger partial charge in [-0.1, -0.05) is 30.3 Å². The van der Waals surface area contributed by atoms with Gasteiger partial charge in [0.05, 0.1) is 28.4 Å². The zero-order chi connectivity index (χ0) is 24.8. The molecule has 0 aliphatic rings. The van der Waals surface area contributed by atoms with Crippen molar-refractivity contribution in [1.29, 1.82) is 0 Å². The highest BCUT2D eigenvalue weighted by molar-refractivity contribution is 6.41. The minimum absolute atomic E-state index is 0.0687. The minimum Gasteiger partial charge on any atom is -0.505 e. The van der Waals surface area contributed by atoms with Crippen molar-refractivity contribution in [2.45, 2.75) is 27.7 Å². The number of amides is 1. The SMILES string of the molecule is CC(=N/N(C=O)c1ccc(C)c(C)c1)/C(C)=N/Nc1cccc(-c2cccc(C(=O)O)c2)c1O. The second-order valence-corrected chi connectivity index (χ2v) is 7.80. The summed E-state index contributed by atoms with van der Waals surface area (Å²) in [6.45, 7) is 7.42. The van der Waals surface area contributed by atoms with E-state index in [-0.39, 0.29) is 11.3 Å². The van der Waals surface area contributed by atoms with E-state index in [4.69, 9.17) is 0 Å². The molecular weight excluding hydrogens is 432 g/mol. The summed E-state index contributed by atoms with van der Waals surface area (Å²) in [7, 11) is 0. The molecule has 0 radical (unpaired) electrons. The number of benzene rings is 3. The van der Waals surface area contributed by atoms with Gasteiger partial charge in [-0.25, -0.2) is 9.80 Å². The Bertz CT molecular complexity index is 1300. The largest absolute Gasteiger partial charge is 0.505 e. The molecule has 3 rings (SSSR count). The van der Waals surface area contributed by atoms with Gasteiger partial charge >= 0.3 is 5.97 Å². The molecule has 0 heterocycles. The third-order valence-electron chi connectivity index (χ3n) is 5.44. The van der Waals surface area contributed by atoms with Crippen LogP contribution in [-0.4, -0.2) is 34.0 Å². The average Bonchev–Trinajstić information content (AvgIpc) is 2.83. The number of carbonyl (C=O) groups is 2. The number of nitrogens with one attached hydrogen (secondary N) is 1. The molecule has 0 fully saturated rings. The Labute approximate surface area is 197 Å². The lowest BCUT2D eigenvalue weighted by Crippen LogP contribution is -2.19. The summed E-state index contributed by atoms with van der Waals surface area (Å²) < 4.78 is 0. The smallest absolute Gasteiger partial charge is 0.335 e. The fourth-order valence-electron chi connectivity index (χ4n) is 3.16. The number of carboxylic acid groups (broad SMARTS) is 1. The molecule has 8 nitrogen and oxygen atoms in total. The van der Waals surface area contributed by atoms with Crippen molar-refractivity contribution >= 4 is 35.2 Å². The molecular formula is C26H26N4O4. The molecule has 0 aliphatic heterocycles. The first-order valence-corrected chi connectivity index (χ1v) is 10.5. The molecule has 0 saturated heterocycles. The summed E-state index contributed by atoms with van der Waals surface area (Å²) in [5.41, 5.74) is 8.14. The van der Waals surface area contributed by atoms with E-state index in [1.165, 1.54) is 17.1 Å². The van der Waals surface area contributed by atoms with Crippen molar-refractivity contribution < 1.29 is 19.8 Å². The van der Waals surface area contributed by atoms with Gasteiger partial charge < -0.3 is 10.2 Å². The number of aromatic hydroxyl groups is 1. The Balaban J connectivity index is 1.83. The molecule has 0 aromatic heterocycles. The van der Waals surface area contributed by atoms with E-state index in [0.29, 0.717) is 40.3 Å². The Morgan fingerprint density at radius 2 is 1.71 bits per heavy atom. The quantitative estimate of drug-likeness (QED) is 0.186. The summed E-state index contributed by atoms with van der Waals surface area (Å²) >= 11 is 0. The Hall–Kier alpha value is -4.46. The van der Waals surface area contributed by atoms with Gasteiger partial charge in [-0.2, -0.15) is 10.2 Å². The predicted molar refractivity (Wildman–Crippen MR) is 135 cm³/mol. The highest BCUT2D eigenvalue weighted by Gasteiger charge is 2.12. The molecule has 1 amide bonds. The van der Waals surface area contributed by atoms with Gasteiger partial charge in [-0.15, -0.1) is 0 Å². The molecule has 8 heteroatoms. The summed E-state index contributed by atoms with van der Waals surface area (Å²) in [6, 6.07) is 17.0. The van der Waals surface area contributed by atoms with E-state index < -0.39 is 5.97 Å². The minimum atomic E-state index is -1.05. The first-order valence-electron chi connectivity index (χ1n) is 10.5. The average molecular weight is 459 g/mol. The standard InChI is InChI=1S/C26H26N4O4/c1-16-11-12-22(13-17(16)2)30(15-31)29-19(4)18(3)27-28-24-10-6-9-23(25(24)32)20-7-5-8-21(14-20)26(33)34/h5-15,28,32H,1-4H3,(H,33,34)/b27-18+,29-19-. The third-order valence-corrected chi connectivity index (χ3v) is 5.44. The van der Waals surface area contributed by atoms with Gasteiger partial charge in [-0.05, 0) is 74.7 Å². The molecule has 3 aromatic rings. The highest BCUT2D eigenvalue weighted by atomic mass is 16.4. The van der Waals surface area contributed by atoms with Crippen molar-refractivity contribution in [3.05, 3.63) is 77.4 Å². The van der Waals surface area contributed by atoms with Crippen LogP contribution in [0, 0.1) is 13.8 Å². The van der Waals surface area contributed by atoms with Crippen LogP contribution in [0.3, 0.4) is 0 Å². The summed E-state index contributed by atoms with van der Waals surface area (Å²) in [5.74, 6) is -1.11. The van der Waals surface area contributed by atoms with Crippen LogP contribution in [0.15, 0.2) is 70.9 Å². The lowest BCUT2D eigenvalue weighted by molar-refractivity contribution is -0.107. The number of carboxylic acids is 1. The molecule has 174 valence electrons. The normalized spacial score (nSPS) is 11.8. The summed E-state index contributed by atoms with van der Waals surface area (Å²) in [5, 5.41) is 29.9. The van der Waals surface area contributed by atoms with Crippen LogP contribution in [-0.2, 0) is 4.79 Å². The van der Waals surface area contributed by atoms with E-state index in [0.717, 1.165) is 11.1 Å². The number of hydrogen-bond acceptors (Lipinski definition) is 6. The maximum atomic E-state index is 11.6. The number of para-hydroxylation sites is 1. The second-order valence-electron chi connectivity index (χ2n) is 7.80. The predicted octanol–water partition coefficient (Wildman–Crippen LogP) is 5.20. The van der Waals surface area contributed by atoms with Gasteiger partial charge in [0.1, 0.15) is 5.75 Å². The highest BCUT2D eigenvalue weighted by Crippen LogP contribution is 2.35. The van der Waals surface area contributed by atoms with Crippen LogP contribution in [0.5, 0.6) is 5.75 Å². The number of rotatable bonds is 8. The van der Waals surface area contributed by atoms with Crippen molar-refractivity contribution in [2.24, 2.45) is 10.2 Å². The van der Waals surface area contributed by atoms with Crippen LogP contribution >= 0.6 is 0 Å². The van der Waals surface area contributed by atoms with Crippen molar-refractivity contribution in [1.82, 2.24) is 0 Å². The van der Waals surface area contributed by atoms with E-state index in [9.17, 15) is 19.8 Å². The number of hydrazone groups is 2. The Morgan fingerprint density at radius 3 is 2.38 bits per heavy atom. The first kappa shape index (κ1) is 24.2. The molecule has 3 N–H and O–H groups in total. The van der Waals surface area contributed by atoms with Crippen molar-refractivity contribution in [3.63, 3.8) is 0 Å². The molecule has 0 aliphatic carbocycles. The van der Waals surface area contributed by atoms with Crippen LogP contribution in [0.25, 0.3) is 11.1 Å². The summed E-state index contributed by atoms with van der Waals surface area (Å²) in [6.07, 6.45) is 0.634. The van der Waals surface area contributed by atoms with Gasteiger partial charge in [-0.3, -0.25) is 10.2 Å². The zero-order valence-corrected chi connectivity index (χ0v) is 19.4. The maximum Gasteiger partial charge on any atom is 0.335 e. The van der Waals surface area contributed by atoms with E-state index in [1.54, 1.807) is 44.2 Å². The molecule has 3 aromatic carbocycles. The number of hydrogen-bond donors (Lipinski definition) is 3. The van der Waals surface area contributed by atoms with Gasteiger partial charge in [0, 0.05) is 5.56 Å². The topological polar surface area (TPSA) is 115 Å². The fourth-order valence-corrected chi connectivity index (χ4v) is 3.16. The van der Waals surface area contributed by atoms with Crippen LogP contribution < -0.4 is 10.4 Å². The zero-order valence-electron chi connectivity index (χ0n) is 19.4. The van der Waals surface area contributed by atoms with Crippen LogP contribution in [0.1, 0.15) is 35.3 Å². The van der Waals surface area contributed by atoms with Crippen molar-refractivity contribution in [2.75, 3.05) is 10.4 Å². The number of phenols is 1. The van der Waals surface area contributed by atoms with E-state index >= 15 is 0 Å². The number of aryl methyl sites for hydroxylation is 2. The summed E-state index contributed by atoms with van der Waals surface area (Å²) in [4.78, 5) is 22.9. The molecule has 0 unspecified atom stereocenters. The number of phenolic OH excluding ortho intramolecular Hbond substituents is 1. The molecule has 0 saturated carbocycles. The number of anilines is 2. The maximum absolute atomic E-state index is 11.6. The first-order chi connectivity index (χ1) is 16.2. The lowest BCUT2D eigenvalue weighted by atomic mass is 10.0. The number of aromatic carboxylic acids is 1. The van der Waals surface area contributed by atoms with Crippen molar-refractivity contribution in [3.8, 4) is 16.9 Å². The van der Waals surface area contributed by atoms with Crippen LogP contribution in [0.4, 0.5) is 11.4 Å². The third kappa shape index (κ3) is 5.47. The number of carbonyl (C=O) groups excluding carboxylic acids is 1. The monoisotopic (exact) mass is 458 g/mol. The molecule has 34 heavy (non-hydrogen) atoms. The van der Waals surface area contributed by atoms with Crippen LogP contribution in [0.2, 0.25) is 0 Å². The van der Waals surface area contributed by atoms with Gasteiger partial charge in [0.25, 0.3) is 0 Å². The Kier molecular flexibility index (Phi) is 7.43. The van der Waals surface area contributed by atoms with E-state index in [1.807, 2.05) is 32.0 Å². The number of nitrogens with zero attached hydrogens (tertiary/aromatic N) is 3. The second kappa shape index (κ2) is 10.4. The van der Waals surface area contributed by atoms with Gasteiger partial charge in [0.15, 0.2) is 0 Å². The molecule has 0 atom stereocenters. The molecule has 0 bridgehead atoms. The van der Waals surface area contributed by atoms with Gasteiger partial charge in [0.2, 0.25) is 6.41 Å². The fraction of sp³-hybridized carbons (Fsp3) is 0.154. The Morgan fingerprint density at radius 1 is 0.971 bits per heavy atom.